The number of nitrogens with zero attached hydrogens (tertiary/aromatic N) is 3. The van der Waals surface area contributed by atoms with E-state index in [1.165, 1.54) is 6.20 Å². The standard InChI is InChI=1S/C21H23N3O4/c1-3-10-24-13-16(11-22-24)12-23-14-18(21(26)27-4-2)20(25)19(15-23)28-17-8-6-5-7-9-17/h5-9,11,13-15H,3-4,10,12H2,1-2H3. The molecule has 0 amide bonds. The fourth-order valence-corrected chi connectivity index (χ4v) is 2.79. The van der Waals surface area contributed by atoms with E-state index in [9.17, 15) is 9.59 Å². The molecule has 28 heavy (non-hydrogen) atoms. The number of benzene rings is 1. The molecular weight excluding hydrogens is 358 g/mol. The van der Waals surface area contributed by atoms with Gasteiger partial charge in [0.25, 0.3) is 0 Å². The van der Waals surface area contributed by atoms with Gasteiger partial charge in [-0.2, -0.15) is 5.10 Å². The second kappa shape index (κ2) is 9.03. The lowest BCUT2D eigenvalue weighted by Gasteiger charge is -2.12. The molecule has 1 aromatic carbocycles. The van der Waals surface area contributed by atoms with E-state index >= 15 is 0 Å². The predicted octanol–water partition coefficient (Wildman–Crippen LogP) is 3.47. The van der Waals surface area contributed by atoms with Crippen LogP contribution in [0, 0.1) is 0 Å². The van der Waals surface area contributed by atoms with Crippen molar-refractivity contribution in [2.75, 3.05) is 6.61 Å². The zero-order valence-electron chi connectivity index (χ0n) is 16.0. The normalized spacial score (nSPS) is 10.6. The highest BCUT2D eigenvalue weighted by Crippen LogP contribution is 2.19. The van der Waals surface area contributed by atoms with E-state index in [0.717, 1.165) is 18.5 Å². The van der Waals surface area contributed by atoms with Crippen molar-refractivity contribution in [2.24, 2.45) is 0 Å². The van der Waals surface area contributed by atoms with Crippen molar-refractivity contribution < 1.29 is 14.3 Å². The molecule has 0 fully saturated rings. The zero-order valence-corrected chi connectivity index (χ0v) is 16.0. The molecule has 0 saturated carbocycles. The van der Waals surface area contributed by atoms with Gasteiger partial charge >= 0.3 is 5.97 Å². The second-order valence-electron chi connectivity index (χ2n) is 6.28. The van der Waals surface area contributed by atoms with Gasteiger partial charge in [0.05, 0.1) is 25.5 Å². The summed E-state index contributed by atoms with van der Waals surface area (Å²) in [4.78, 5) is 25.0. The average Bonchev–Trinajstić information content (AvgIpc) is 3.12. The smallest absolute Gasteiger partial charge is 0.343 e. The van der Waals surface area contributed by atoms with Crippen LogP contribution < -0.4 is 10.2 Å². The van der Waals surface area contributed by atoms with Crippen LogP contribution in [0.5, 0.6) is 11.5 Å². The number of rotatable bonds is 8. The molecule has 3 aromatic rings. The Labute approximate surface area is 163 Å². The number of esters is 1. The average molecular weight is 381 g/mol. The maximum Gasteiger partial charge on any atom is 0.343 e. The minimum atomic E-state index is -0.665. The minimum Gasteiger partial charge on any atom is -0.462 e. The third kappa shape index (κ3) is 4.68. The summed E-state index contributed by atoms with van der Waals surface area (Å²) in [5.74, 6) is -0.0814. The van der Waals surface area contributed by atoms with Crippen molar-refractivity contribution in [3.05, 3.63) is 76.5 Å². The molecule has 0 saturated heterocycles. The highest BCUT2D eigenvalue weighted by Gasteiger charge is 2.18. The summed E-state index contributed by atoms with van der Waals surface area (Å²) < 4.78 is 14.4. The van der Waals surface area contributed by atoms with E-state index in [1.54, 1.807) is 36.0 Å². The Hall–Kier alpha value is -3.35. The Morgan fingerprint density at radius 1 is 1.11 bits per heavy atom. The van der Waals surface area contributed by atoms with Crippen LogP contribution in [0.3, 0.4) is 0 Å². The number of aryl methyl sites for hydroxylation is 1. The summed E-state index contributed by atoms with van der Waals surface area (Å²) in [6.07, 6.45) is 7.80. The molecular formula is C21H23N3O4. The Balaban J connectivity index is 1.95. The van der Waals surface area contributed by atoms with Gasteiger partial charge < -0.3 is 14.0 Å². The fraction of sp³-hybridized carbons (Fsp3) is 0.286. The predicted molar refractivity (Wildman–Crippen MR) is 105 cm³/mol. The van der Waals surface area contributed by atoms with Crippen molar-refractivity contribution in [3.63, 3.8) is 0 Å². The van der Waals surface area contributed by atoms with Crippen LogP contribution in [0.1, 0.15) is 36.2 Å². The second-order valence-corrected chi connectivity index (χ2v) is 6.28. The Kier molecular flexibility index (Phi) is 6.26. The molecule has 2 aromatic heterocycles. The number of carbonyl (C=O) groups excluding carboxylic acids is 1. The molecule has 3 rings (SSSR count). The highest BCUT2D eigenvalue weighted by atomic mass is 16.5. The molecule has 2 heterocycles. The Bertz CT molecular complexity index is 992. The summed E-state index contributed by atoms with van der Waals surface area (Å²) in [7, 11) is 0. The summed E-state index contributed by atoms with van der Waals surface area (Å²) >= 11 is 0. The van der Waals surface area contributed by atoms with Crippen LogP contribution in [-0.4, -0.2) is 26.9 Å². The summed E-state index contributed by atoms with van der Waals surface area (Å²) in [6, 6.07) is 8.97. The molecule has 0 N–H and O–H groups in total. The monoisotopic (exact) mass is 381 g/mol. The minimum absolute atomic E-state index is 0.0590. The number of hydrogen-bond acceptors (Lipinski definition) is 5. The van der Waals surface area contributed by atoms with Gasteiger partial charge in [-0.3, -0.25) is 9.48 Å². The van der Waals surface area contributed by atoms with E-state index < -0.39 is 11.4 Å². The topological polar surface area (TPSA) is 75.3 Å². The van der Waals surface area contributed by atoms with Gasteiger partial charge in [-0.15, -0.1) is 0 Å². The van der Waals surface area contributed by atoms with Crippen LogP contribution in [0.25, 0.3) is 0 Å². The first-order valence-corrected chi connectivity index (χ1v) is 9.26. The molecule has 0 atom stereocenters. The third-order valence-electron chi connectivity index (χ3n) is 4.02. The van der Waals surface area contributed by atoms with E-state index in [0.29, 0.717) is 12.3 Å². The molecule has 7 nitrogen and oxygen atoms in total. The molecule has 0 aliphatic heterocycles. The van der Waals surface area contributed by atoms with Crippen LogP contribution in [0.2, 0.25) is 0 Å². The van der Waals surface area contributed by atoms with Crippen LogP contribution in [0.15, 0.2) is 59.9 Å². The summed E-state index contributed by atoms with van der Waals surface area (Å²) in [5.41, 5.74) is 0.397. The van der Waals surface area contributed by atoms with Crippen LogP contribution in [0.4, 0.5) is 0 Å². The van der Waals surface area contributed by atoms with Crippen LogP contribution >= 0.6 is 0 Å². The molecule has 0 unspecified atom stereocenters. The van der Waals surface area contributed by atoms with Crippen LogP contribution in [-0.2, 0) is 17.8 Å². The molecule has 146 valence electrons. The molecule has 0 aliphatic rings. The highest BCUT2D eigenvalue weighted by molar-refractivity contribution is 5.89. The SMILES string of the molecule is CCCn1cc(Cn2cc(Oc3ccccc3)c(=O)c(C(=O)OCC)c2)cn1. The van der Waals surface area contributed by atoms with E-state index in [4.69, 9.17) is 9.47 Å². The lowest BCUT2D eigenvalue weighted by Crippen LogP contribution is -2.21. The van der Waals surface area contributed by atoms with Gasteiger partial charge in [-0.25, -0.2) is 4.79 Å². The third-order valence-corrected chi connectivity index (χ3v) is 4.02. The fourth-order valence-electron chi connectivity index (χ4n) is 2.79. The van der Waals surface area contributed by atoms with Crippen molar-refractivity contribution in [1.29, 1.82) is 0 Å². The molecule has 7 heteroatoms. The lowest BCUT2D eigenvalue weighted by molar-refractivity contribution is 0.0523. The van der Waals surface area contributed by atoms with Gasteiger partial charge in [0, 0.05) is 24.5 Å². The number of carbonyl (C=O) groups is 1. The summed E-state index contributed by atoms with van der Waals surface area (Å²) in [6.45, 7) is 5.25. The quantitative estimate of drug-likeness (QED) is 0.559. The maximum absolute atomic E-state index is 12.7. The number of ether oxygens (including phenoxy) is 2. The number of para-hydroxylation sites is 1. The van der Waals surface area contributed by atoms with Crippen molar-refractivity contribution >= 4 is 5.97 Å². The largest absolute Gasteiger partial charge is 0.462 e. The van der Waals surface area contributed by atoms with E-state index in [2.05, 4.69) is 12.0 Å². The van der Waals surface area contributed by atoms with Gasteiger partial charge in [-0.1, -0.05) is 25.1 Å². The first kappa shape index (κ1) is 19.4. The van der Waals surface area contributed by atoms with Crippen molar-refractivity contribution in [1.82, 2.24) is 14.3 Å². The molecule has 0 aliphatic carbocycles. The first-order valence-electron chi connectivity index (χ1n) is 9.26. The van der Waals surface area contributed by atoms with Gasteiger partial charge in [0.2, 0.25) is 5.43 Å². The van der Waals surface area contributed by atoms with E-state index in [1.807, 2.05) is 29.1 Å². The van der Waals surface area contributed by atoms with Crippen molar-refractivity contribution in [2.45, 2.75) is 33.4 Å². The number of pyridine rings is 1. The number of aromatic nitrogens is 3. The maximum atomic E-state index is 12.7. The van der Waals surface area contributed by atoms with Gasteiger partial charge in [0.15, 0.2) is 5.75 Å². The van der Waals surface area contributed by atoms with Crippen molar-refractivity contribution in [3.8, 4) is 11.5 Å². The van der Waals surface area contributed by atoms with Gasteiger partial charge in [-0.05, 0) is 25.5 Å². The molecule has 0 bridgehead atoms. The summed E-state index contributed by atoms with van der Waals surface area (Å²) in [5, 5.41) is 4.32. The van der Waals surface area contributed by atoms with E-state index in [-0.39, 0.29) is 17.9 Å². The number of hydrogen-bond donors (Lipinski definition) is 0. The Morgan fingerprint density at radius 2 is 1.89 bits per heavy atom. The lowest BCUT2D eigenvalue weighted by atomic mass is 10.2. The first-order chi connectivity index (χ1) is 13.6. The Morgan fingerprint density at radius 3 is 2.61 bits per heavy atom. The molecule has 0 spiro atoms. The molecule has 0 radical (unpaired) electrons. The van der Waals surface area contributed by atoms with Gasteiger partial charge in [0.1, 0.15) is 11.3 Å². The zero-order chi connectivity index (χ0) is 19.9.